The molecule has 3 atom stereocenters. The number of aliphatic hydroxyl groups is 2. The monoisotopic (exact) mass is 916 g/mol. The fourth-order valence-electron chi connectivity index (χ4n) is 7.56. The van der Waals surface area contributed by atoms with E-state index in [1.165, 1.54) is 83.5 Å². The summed E-state index contributed by atoms with van der Waals surface area (Å²) in [6.07, 6.45) is 71.8. The van der Waals surface area contributed by atoms with E-state index >= 15 is 0 Å². The maximum atomic E-state index is 13.2. The summed E-state index contributed by atoms with van der Waals surface area (Å²) in [5.41, 5.74) is 0. The molecule has 3 unspecified atom stereocenters. The number of unbranched alkanes of at least 4 members (excludes halogenated alkanes) is 19. The van der Waals surface area contributed by atoms with E-state index in [0.717, 1.165) is 103 Å². The lowest BCUT2D eigenvalue weighted by Crippen LogP contribution is -2.46. The molecule has 0 spiro atoms. The zero-order valence-electron chi connectivity index (χ0n) is 42.8. The molecule has 0 fully saturated rings. The van der Waals surface area contributed by atoms with Crippen molar-refractivity contribution in [3.05, 3.63) is 109 Å². The first-order valence-corrected chi connectivity index (χ1v) is 27.1. The van der Waals surface area contributed by atoms with Crippen molar-refractivity contribution in [1.82, 2.24) is 5.32 Å². The number of amides is 1. The largest absolute Gasteiger partial charge is 0.458 e. The van der Waals surface area contributed by atoms with Crippen molar-refractivity contribution in [2.45, 2.75) is 251 Å². The van der Waals surface area contributed by atoms with Crippen molar-refractivity contribution in [3.63, 3.8) is 0 Å². The van der Waals surface area contributed by atoms with Crippen LogP contribution in [0.5, 0.6) is 0 Å². The molecule has 0 saturated carbocycles. The summed E-state index contributed by atoms with van der Waals surface area (Å²) in [6, 6.07) is -0.755. The van der Waals surface area contributed by atoms with Crippen molar-refractivity contribution in [2.75, 3.05) is 6.61 Å². The van der Waals surface area contributed by atoms with Gasteiger partial charge in [-0.15, -0.1) is 0 Å². The van der Waals surface area contributed by atoms with Gasteiger partial charge in [0.15, 0.2) is 0 Å². The molecule has 0 heterocycles. The van der Waals surface area contributed by atoms with Crippen LogP contribution in [-0.4, -0.2) is 46.9 Å². The third kappa shape index (κ3) is 47.0. The Labute approximate surface area is 407 Å². The maximum Gasteiger partial charge on any atom is 0.306 e. The van der Waals surface area contributed by atoms with Gasteiger partial charge in [0.25, 0.3) is 0 Å². The molecule has 0 aliphatic rings. The number of carbonyl (C=O) groups excluding carboxylic acids is 2. The van der Waals surface area contributed by atoms with Gasteiger partial charge in [0.1, 0.15) is 6.10 Å². The third-order valence-electron chi connectivity index (χ3n) is 11.6. The molecule has 6 nitrogen and oxygen atoms in total. The molecule has 0 bridgehead atoms. The number of rotatable bonds is 47. The second-order valence-corrected chi connectivity index (χ2v) is 17.9. The highest BCUT2D eigenvalue weighted by Gasteiger charge is 2.23. The van der Waals surface area contributed by atoms with E-state index in [4.69, 9.17) is 4.74 Å². The average Bonchev–Trinajstić information content (AvgIpc) is 3.31. The number of hydrogen-bond acceptors (Lipinski definition) is 5. The second-order valence-electron chi connectivity index (χ2n) is 17.9. The van der Waals surface area contributed by atoms with Crippen LogP contribution in [0.2, 0.25) is 0 Å². The van der Waals surface area contributed by atoms with Gasteiger partial charge in [-0.1, -0.05) is 240 Å². The first-order valence-electron chi connectivity index (χ1n) is 27.1. The average molecular weight is 916 g/mol. The number of aliphatic hydroxyl groups excluding tert-OH is 2. The van der Waals surface area contributed by atoms with E-state index in [0.29, 0.717) is 19.3 Å². The molecule has 0 aliphatic heterocycles. The highest BCUT2D eigenvalue weighted by Crippen LogP contribution is 2.16. The Hall–Kier alpha value is -3.48. The van der Waals surface area contributed by atoms with Crippen molar-refractivity contribution in [3.8, 4) is 0 Å². The van der Waals surface area contributed by atoms with Crippen molar-refractivity contribution >= 4 is 11.9 Å². The van der Waals surface area contributed by atoms with E-state index in [2.05, 4.69) is 123 Å². The van der Waals surface area contributed by atoms with Crippen LogP contribution in [0.1, 0.15) is 233 Å². The summed E-state index contributed by atoms with van der Waals surface area (Å²) >= 11 is 0. The predicted molar refractivity (Wildman–Crippen MR) is 287 cm³/mol. The van der Waals surface area contributed by atoms with Gasteiger partial charge < -0.3 is 20.3 Å². The number of carbonyl (C=O) groups is 2. The summed E-state index contributed by atoms with van der Waals surface area (Å²) in [6.45, 7) is 6.22. The minimum absolute atomic E-state index is 0.0624. The van der Waals surface area contributed by atoms with Crippen LogP contribution in [0.15, 0.2) is 109 Å². The van der Waals surface area contributed by atoms with Gasteiger partial charge in [0.05, 0.1) is 25.2 Å². The number of allylic oxidation sites excluding steroid dienone is 17. The zero-order valence-corrected chi connectivity index (χ0v) is 42.8. The van der Waals surface area contributed by atoms with Crippen LogP contribution in [0, 0.1) is 0 Å². The summed E-state index contributed by atoms with van der Waals surface area (Å²) in [7, 11) is 0. The third-order valence-corrected chi connectivity index (χ3v) is 11.6. The lowest BCUT2D eigenvalue weighted by molar-refractivity contribution is -0.148. The Kier molecular flexibility index (Phi) is 49.7. The second kappa shape index (κ2) is 52.5. The Bertz CT molecular complexity index is 1350. The highest BCUT2D eigenvalue weighted by atomic mass is 16.5. The fourth-order valence-corrected chi connectivity index (χ4v) is 7.56. The molecule has 0 aliphatic carbocycles. The van der Waals surface area contributed by atoms with Crippen molar-refractivity contribution < 1.29 is 24.5 Å². The van der Waals surface area contributed by atoms with E-state index in [1.54, 1.807) is 6.08 Å². The standard InChI is InChI=1S/C60H101NO5/c1-4-7-10-13-16-19-22-25-28-30-31-33-36-39-42-45-48-51-56(66-60(65)53-50-47-44-41-38-35-27-24-21-18-15-12-9-6-3)54-59(64)61-57(55-62)58(63)52-49-46-43-40-37-34-32-29-26-23-20-17-14-11-8-5-2/h7,9-10,12,16,18-19,21,25,27-28,31,33,35,39,42,48,51,56-58,62-63H,4-6,8,11,13-15,17,20,22-24,26,29-30,32,34,36-38,40-41,43-47,49-50,52-55H2,1-3H3,(H,61,64)/b10-7-,12-9+,19-16-,21-18+,28-25-,33-31-,35-27+,42-39-,51-48-. The minimum Gasteiger partial charge on any atom is -0.458 e. The maximum absolute atomic E-state index is 13.2. The van der Waals surface area contributed by atoms with Gasteiger partial charge in [-0.2, -0.15) is 0 Å². The Morgan fingerprint density at radius 2 is 0.848 bits per heavy atom. The smallest absolute Gasteiger partial charge is 0.306 e. The summed E-state index contributed by atoms with van der Waals surface area (Å²) in [5, 5.41) is 23.8. The first kappa shape index (κ1) is 62.5. The summed E-state index contributed by atoms with van der Waals surface area (Å²) in [5.74, 6) is -0.663. The van der Waals surface area contributed by atoms with E-state index < -0.39 is 18.2 Å². The molecular formula is C60H101NO5. The first-order chi connectivity index (χ1) is 32.5. The predicted octanol–water partition coefficient (Wildman–Crippen LogP) is 16.7. The van der Waals surface area contributed by atoms with Crippen LogP contribution in [0.3, 0.4) is 0 Å². The molecule has 1 amide bonds. The zero-order chi connectivity index (χ0) is 48.1. The van der Waals surface area contributed by atoms with Crippen LogP contribution in [-0.2, 0) is 14.3 Å². The van der Waals surface area contributed by atoms with Crippen LogP contribution < -0.4 is 5.32 Å². The molecule has 0 aromatic rings. The van der Waals surface area contributed by atoms with E-state index in [1.807, 2.05) is 6.08 Å². The van der Waals surface area contributed by atoms with Gasteiger partial charge in [0.2, 0.25) is 5.91 Å². The van der Waals surface area contributed by atoms with E-state index in [-0.39, 0.29) is 24.9 Å². The van der Waals surface area contributed by atoms with Gasteiger partial charge in [-0.05, 0) is 89.5 Å². The summed E-state index contributed by atoms with van der Waals surface area (Å²) < 4.78 is 5.82. The lowest BCUT2D eigenvalue weighted by atomic mass is 10.0. The quantitative estimate of drug-likeness (QED) is 0.0321. The van der Waals surface area contributed by atoms with Gasteiger partial charge >= 0.3 is 5.97 Å². The number of esters is 1. The molecule has 3 N–H and O–H groups in total. The fraction of sp³-hybridized carbons (Fsp3) is 0.667. The number of nitrogens with one attached hydrogen (secondary N) is 1. The molecule has 0 aromatic heterocycles. The summed E-state index contributed by atoms with van der Waals surface area (Å²) in [4.78, 5) is 26.1. The SMILES string of the molecule is CC/C=C\C/C=C\C/C=C\C/C=C\C/C=C\C/C=C\C(CC(=O)NC(CO)C(O)CCCCCCCCCCCCCCCCCC)OC(=O)CCCCCC/C=C/C/C=C/C/C=C/CC. The van der Waals surface area contributed by atoms with Crippen molar-refractivity contribution in [1.29, 1.82) is 0 Å². The minimum atomic E-state index is -0.831. The molecule has 66 heavy (non-hydrogen) atoms. The van der Waals surface area contributed by atoms with Gasteiger partial charge in [-0.3, -0.25) is 9.59 Å². The van der Waals surface area contributed by atoms with E-state index in [9.17, 15) is 19.8 Å². The molecule has 376 valence electrons. The lowest BCUT2D eigenvalue weighted by Gasteiger charge is -2.23. The Balaban J connectivity index is 4.77. The molecule has 0 saturated heterocycles. The van der Waals surface area contributed by atoms with Crippen LogP contribution in [0.25, 0.3) is 0 Å². The number of ether oxygens (including phenoxy) is 1. The van der Waals surface area contributed by atoms with Crippen LogP contribution >= 0.6 is 0 Å². The van der Waals surface area contributed by atoms with Crippen molar-refractivity contribution in [2.24, 2.45) is 0 Å². The van der Waals surface area contributed by atoms with Gasteiger partial charge in [-0.25, -0.2) is 0 Å². The Morgan fingerprint density at radius 1 is 0.470 bits per heavy atom. The number of hydrogen-bond donors (Lipinski definition) is 3. The Morgan fingerprint density at radius 3 is 1.29 bits per heavy atom. The van der Waals surface area contributed by atoms with Crippen LogP contribution in [0.4, 0.5) is 0 Å². The van der Waals surface area contributed by atoms with Gasteiger partial charge in [0, 0.05) is 6.42 Å². The normalized spacial score (nSPS) is 14.1. The molecule has 0 radical (unpaired) electrons. The molecule has 0 aromatic carbocycles. The molecular weight excluding hydrogens is 815 g/mol. The molecule has 6 heteroatoms. The topological polar surface area (TPSA) is 95.9 Å². The highest BCUT2D eigenvalue weighted by molar-refractivity contribution is 5.78. The molecule has 0 rings (SSSR count).